The van der Waals surface area contributed by atoms with Crippen LogP contribution in [0.25, 0.3) is 21.9 Å². The van der Waals surface area contributed by atoms with E-state index in [1.54, 1.807) is 0 Å². The predicted molar refractivity (Wildman–Crippen MR) is 133 cm³/mol. The van der Waals surface area contributed by atoms with E-state index in [2.05, 4.69) is 0 Å². The molecule has 0 radical (unpaired) electrons. The molecule has 10 N–H and O–H groups in total. The zero-order valence-corrected chi connectivity index (χ0v) is 20.3. The van der Waals surface area contributed by atoms with E-state index in [1.807, 2.05) is 0 Å². The smallest absolute Gasteiger partial charge is 0.204 e. The summed E-state index contributed by atoms with van der Waals surface area (Å²) < 4.78 is 16.6. The highest BCUT2D eigenvalue weighted by atomic mass is 16.5. The number of phenolic OH excluding ortho intramolecular Hbond substituents is 6. The van der Waals surface area contributed by atoms with Gasteiger partial charge < -0.3 is 65.0 Å². The molecule has 5 rings (SSSR count). The maximum absolute atomic E-state index is 13.4. The molecule has 212 valence electrons. The van der Waals surface area contributed by atoms with Crippen molar-refractivity contribution < 1.29 is 65.0 Å². The van der Waals surface area contributed by atoms with Gasteiger partial charge in [-0.3, -0.25) is 4.79 Å². The SMILES string of the molecule is O=c1c2cc(O)c(OCc3cc(O)c(O)c(O)c3)cc2oc2cc(O)c([C@@H]3O[C@H](CO)[C@@H](O)[C@H](O)[C@H]3O)c(O)c12. The van der Waals surface area contributed by atoms with Gasteiger partial charge in [-0.15, -0.1) is 0 Å². The van der Waals surface area contributed by atoms with Gasteiger partial charge in [0, 0.05) is 12.1 Å². The predicted octanol–water partition coefficient (Wildman–Crippen LogP) is 0.274. The van der Waals surface area contributed by atoms with E-state index in [4.69, 9.17) is 13.9 Å². The van der Waals surface area contributed by atoms with Crippen LogP contribution < -0.4 is 10.2 Å². The topological polar surface area (TPSA) is 251 Å². The number of aliphatic hydroxyl groups excluding tert-OH is 4. The van der Waals surface area contributed by atoms with E-state index in [1.165, 1.54) is 0 Å². The normalized spacial score (nSPS) is 23.1. The Labute approximate surface area is 223 Å². The highest BCUT2D eigenvalue weighted by molar-refractivity contribution is 5.96. The molecule has 0 amide bonds. The molecule has 5 atom stereocenters. The zero-order valence-electron chi connectivity index (χ0n) is 20.3. The van der Waals surface area contributed by atoms with Crippen LogP contribution in [0.2, 0.25) is 0 Å². The van der Waals surface area contributed by atoms with E-state index in [-0.39, 0.29) is 34.5 Å². The monoisotopic (exact) mass is 560 g/mol. The Kier molecular flexibility index (Phi) is 6.73. The molecular weight excluding hydrogens is 536 g/mol. The zero-order chi connectivity index (χ0) is 29.0. The Balaban J connectivity index is 1.57. The van der Waals surface area contributed by atoms with Gasteiger partial charge in [0.15, 0.2) is 28.7 Å². The number of ether oxygens (including phenoxy) is 2. The molecule has 0 bridgehead atoms. The molecule has 14 heteroatoms. The maximum Gasteiger partial charge on any atom is 0.204 e. The van der Waals surface area contributed by atoms with Crippen LogP contribution in [0.1, 0.15) is 17.2 Å². The molecule has 0 unspecified atom stereocenters. The Bertz CT molecular complexity index is 1650. The molecule has 0 spiro atoms. The third-order valence-electron chi connectivity index (χ3n) is 6.74. The average molecular weight is 560 g/mol. The molecule has 0 saturated carbocycles. The van der Waals surface area contributed by atoms with E-state index in [9.17, 15) is 55.9 Å². The molecule has 40 heavy (non-hydrogen) atoms. The van der Waals surface area contributed by atoms with E-state index < -0.39 is 88.0 Å². The second-order valence-corrected chi connectivity index (χ2v) is 9.30. The Morgan fingerprint density at radius 1 is 0.750 bits per heavy atom. The Morgan fingerprint density at radius 3 is 2.08 bits per heavy atom. The lowest BCUT2D eigenvalue weighted by Gasteiger charge is -2.40. The van der Waals surface area contributed by atoms with E-state index in [0.717, 1.165) is 30.3 Å². The highest BCUT2D eigenvalue weighted by Gasteiger charge is 2.46. The molecular formula is C26H24O14. The second kappa shape index (κ2) is 9.93. The molecule has 1 fully saturated rings. The summed E-state index contributed by atoms with van der Waals surface area (Å²) in [7, 11) is 0. The third kappa shape index (κ3) is 4.33. The minimum Gasteiger partial charge on any atom is -0.507 e. The maximum atomic E-state index is 13.4. The summed E-state index contributed by atoms with van der Waals surface area (Å²) in [6.45, 7) is -1.05. The summed E-state index contributed by atoms with van der Waals surface area (Å²) in [6, 6.07) is 5.37. The molecule has 1 aliphatic rings. The van der Waals surface area contributed by atoms with E-state index in [0.29, 0.717) is 0 Å². The van der Waals surface area contributed by atoms with Crippen LogP contribution in [-0.4, -0.2) is 82.1 Å². The van der Waals surface area contributed by atoms with Crippen LogP contribution >= 0.6 is 0 Å². The minimum atomic E-state index is -1.86. The van der Waals surface area contributed by atoms with E-state index >= 15 is 0 Å². The van der Waals surface area contributed by atoms with Crippen molar-refractivity contribution in [2.75, 3.05) is 6.61 Å². The Morgan fingerprint density at radius 2 is 1.43 bits per heavy atom. The van der Waals surface area contributed by atoms with Gasteiger partial charge in [-0.25, -0.2) is 0 Å². The van der Waals surface area contributed by atoms with Crippen molar-refractivity contribution in [3.05, 3.63) is 51.7 Å². The lowest BCUT2D eigenvalue weighted by Crippen LogP contribution is -2.55. The third-order valence-corrected chi connectivity index (χ3v) is 6.74. The van der Waals surface area contributed by atoms with Crippen LogP contribution in [0.5, 0.6) is 40.2 Å². The number of fused-ring (bicyclic) bond motifs is 2. The highest BCUT2D eigenvalue weighted by Crippen LogP contribution is 2.45. The van der Waals surface area contributed by atoms with Crippen molar-refractivity contribution in [1.82, 2.24) is 0 Å². The molecule has 1 aromatic heterocycles. The Hall–Kier alpha value is -4.47. The van der Waals surface area contributed by atoms with Crippen molar-refractivity contribution in [1.29, 1.82) is 0 Å². The largest absolute Gasteiger partial charge is 0.507 e. The van der Waals surface area contributed by atoms with Crippen LogP contribution in [0.15, 0.2) is 39.5 Å². The standard InChI is InChI=1S/C26H24O14/c27-6-17-22(34)24(36)25(37)26(40-17)18-11(29)4-16-19(23(18)35)20(32)9-3-10(28)15(5-14(9)39-16)38-7-8-1-12(30)21(33)13(31)2-8/h1-5,17,22,24-31,33-37H,6-7H2/t17-,22-,24+,25-,26+/m1/s1. The quantitative estimate of drug-likeness (QED) is 0.116. The summed E-state index contributed by atoms with van der Waals surface area (Å²) in [5.74, 6) is -4.15. The lowest BCUT2D eigenvalue weighted by atomic mass is 9.89. The average Bonchev–Trinajstić information content (AvgIpc) is 2.90. The molecule has 1 aliphatic heterocycles. The van der Waals surface area contributed by atoms with Gasteiger partial charge in [0.1, 0.15) is 65.2 Å². The van der Waals surface area contributed by atoms with Crippen molar-refractivity contribution in [3.8, 4) is 40.2 Å². The van der Waals surface area contributed by atoms with Gasteiger partial charge in [-0.1, -0.05) is 0 Å². The van der Waals surface area contributed by atoms with Crippen molar-refractivity contribution in [2.24, 2.45) is 0 Å². The van der Waals surface area contributed by atoms with Crippen LogP contribution in [0, 0.1) is 0 Å². The van der Waals surface area contributed by atoms with Crippen LogP contribution in [0.4, 0.5) is 0 Å². The molecule has 14 nitrogen and oxygen atoms in total. The first-order chi connectivity index (χ1) is 18.9. The fourth-order valence-corrected chi connectivity index (χ4v) is 4.65. The van der Waals surface area contributed by atoms with Crippen LogP contribution in [-0.2, 0) is 11.3 Å². The van der Waals surface area contributed by atoms with Gasteiger partial charge in [-0.05, 0) is 23.8 Å². The summed E-state index contributed by atoms with van der Waals surface area (Å²) >= 11 is 0. The molecule has 3 aromatic carbocycles. The first-order valence-corrected chi connectivity index (χ1v) is 11.8. The molecule has 4 aromatic rings. The van der Waals surface area contributed by atoms with Gasteiger partial charge in [0.2, 0.25) is 5.43 Å². The number of aromatic hydroxyl groups is 6. The van der Waals surface area contributed by atoms with Crippen molar-refractivity contribution in [3.63, 3.8) is 0 Å². The van der Waals surface area contributed by atoms with Crippen molar-refractivity contribution >= 4 is 21.9 Å². The minimum absolute atomic E-state index is 0.124. The fourth-order valence-electron chi connectivity index (χ4n) is 4.65. The van der Waals surface area contributed by atoms with Crippen molar-refractivity contribution in [2.45, 2.75) is 37.1 Å². The lowest BCUT2D eigenvalue weighted by molar-refractivity contribution is -0.232. The second-order valence-electron chi connectivity index (χ2n) is 9.30. The first-order valence-electron chi connectivity index (χ1n) is 11.8. The summed E-state index contributed by atoms with van der Waals surface area (Å²) in [5.41, 5.74) is -1.55. The number of hydrogen-bond donors (Lipinski definition) is 10. The number of hydrogen-bond acceptors (Lipinski definition) is 14. The van der Waals surface area contributed by atoms with Gasteiger partial charge in [0.25, 0.3) is 0 Å². The number of rotatable bonds is 5. The summed E-state index contributed by atoms with van der Waals surface area (Å²) in [5, 5.41) is 100. The van der Waals surface area contributed by atoms with Crippen LogP contribution in [0.3, 0.4) is 0 Å². The van der Waals surface area contributed by atoms with Gasteiger partial charge in [-0.2, -0.15) is 0 Å². The van der Waals surface area contributed by atoms with Gasteiger partial charge in [0.05, 0.1) is 17.6 Å². The fraction of sp³-hybridized carbons (Fsp3) is 0.269. The van der Waals surface area contributed by atoms with Gasteiger partial charge >= 0.3 is 0 Å². The number of aliphatic hydroxyl groups is 4. The first kappa shape index (κ1) is 27.1. The molecule has 0 aliphatic carbocycles. The molecule has 1 saturated heterocycles. The number of phenols is 6. The summed E-state index contributed by atoms with van der Waals surface area (Å²) in [6.07, 6.45) is -8.38. The summed E-state index contributed by atoms with van der Waals surface area (Å²) in [4.78, 5) is 13.4. The molecule has 2 heterocycles. The number of benzene rings is 3.